The molecular weight excluding hydrogens is 556 g/mol. The molecule has 1 amide bonds. The first-order valence-corrected chi connectivity index (χ1v) is 14.7. The minimum Gasteiger partial charge on any atom is -0.390 e. The van der Waals surface area contributed by atoms with E-state index in [4.69, 9.17) is 0 Å². The summed E-state index contributed by atoms with van der Waals surface area (Å²) in [5, 5.41) is 20.9. The van der Waals surface area contributed by atoms with Crippen molar-refractivity contribution in [2.45, 2.75) is 91.1 Å². The van der Waals surface area contributed by atoms with E-state index in [0.29, 0.717) is 30.3 Å². The number of nitrogens with one attached hydrogen (secondary N) is 3. The van der Waals surface area contributed by atoms with Crippen LogP contribution in [-0.4, -0.2) is 35.7 Å². The quantitative estimate of drug-likeness (QED) is 0.153. The van der Waals surface area contributed by atoms with E-state index in [1.54, 1.807) is 0 Å². The van der Waals surface area contributed by atoms with E-state index in [0.717, 1.165) is 48.4 Å². The second-order valence-electron chi connectivity index (χ2n) is 11.1. The molecule has 3 atom stereocenters. The predicted octanol–water partition coefficient (Wildman–Crippen LogP) is 6.42. The Bertz CT molecular complexity index is 1250. The minimum atomic E-state index is -0.995. The van der Waals surface area contributed by atoms with Crippen LogP contribution >= 0.6 is 12.4 Å². The highest BCUT2D eigenvalue weighted by atomic mass is 35.5. The summed E-state index contributed by atoms with van der Waals surface area (Å²) in [4.78, 5) is 13.4. The highest BCUT2D eigenvalue weighted by Crippen LogP contribution is 2.15. The van der Waals surface area contributed by atoms with Crippen molar-refractivity contribution >= 4 is 18.3 Å². The molecule has 230 valence electrons. The molecule has 0 heterocycles. The van der Waals surface area contributed by atoms with Crippen molar-refractivity contribution in [3.8, 4) is 0 Å². The van der Waals surface area contributed by atoms with E-state index in [1.807, 2.05) is 31.2 Å². The first kappa shape index (κ1) is 35.4. The lowest BCUT2D eigenvalue weighted by molar-refractivity contribution is 0.0829. The maximum atomic E-state index is 13.9. The van der Waals surface area contributed by atoms with Gasteiger partial charge in [0.15, 0.2) is 0 Å². The molecule has 4 N–H and O–H groups in total. The average Bonchev–Trinajstić information content (AvgIpc) is 2.93. The summed E-state index contributed by atoms with van der Waals surface area (Å²) in [6.07, 6.45) is 3.41. The molecule has 8 heteroatoms. The van der Waals surface area contributed by atoms with Gasteiger partial charge < -0.3 is 21.1 Å². The molecule has 0 radical (unpaired) electrons. The number of aliphatic hydroxyl groups is 1. The fraction of sp³-hybridized carbons (Fsp3) is 0.441. The maximum absolute atomic E-state index is 13.9. The van der Waals surface area contributed by atoms with Crippen molar-refractivity contribution in [3.63, 3.8) is 0 Å². The largest absolute Gasteiger partial charge is 0.390 e. The molecule has 0 spiro atoms. The molecule has 3 aromatic carbocycles. The number of benzene rings is 3. The Morgan fingerprint density at radius 1 is 0.905 bits per heavy atom. The number of aryl methyl sites for hydroxylation is 2. The van der Waals surface area contributed by atoms with Gasteiger partial charge in [-0.15, -0.1) is 12.4 Å². The predicted molar refractivity (Wildman–Crippen MR) is 169 cm³/mol. The SMILES string of the molecule is CCCCC(C)NCc1cc(C)cc(C(=O)N[C@@H](Cc2cc(F)cc(F)c2)[C@H](O)CNCc2cccc(CC)c2)c1.Cl. The third kappa shape index (κ3) is 11.8. The molecule has 3 aromatic rings. The normalized spacial score (nSPS) is 13.2. The lowest BCUT2D eigenvalue weighted by atomic mass is 9.99. The standard InChI is InChI=1S/C34H45F2N3O2.ClH/c1-5-7-9-24(4)38-21-28-12-23(3)13-29(15-28)34(41)39-32(18-27-16-30(35)19-31(36)17-27)33(40)22-37-20-26-11-8-10-25(6-2)14-26;/h8,10-17,19,24,32-33,37-38,40H,5-7,9,18,20-22H2,1-4H3,(H,39,41);1H/t24?,32-,33+;/m0./s1. The molecule has 3 rings (SSSR count). The van der Waals surface area contributed by atoms with Crippen molar-refractivity contribution in [2.24, 2.45) is 0 Å². The second kappa shape index (κ2) is 18.0. The lowest BCUT2D eigenvalue weighted by Crippen LogP contribution is -2.48. The van der Waals surface area contributed by atoms with Crippen molar-refractivity contribution in [2.75, 3.05) is 6.54 Å². The summed E-state index contributed by atoms with van der Waals surface area (Å²) in [5.41, 5.74) is 5.11. The van der Waals surface area contributed by atoms with Gasteiger partial charge in [-0.1, -0.05) is 62.6 Å². The van der Waals surface area contributed by atoms with Gasteiger partial charge in [0.2, 0.25) is 0 Å². The van der Waals surface area contributed by atoms with E-state index >= 15 is 0 Å². The third-order valence-electron chi connectivity index (χ3n) is 7.29. The highest BCUT2D eigenvalue weighted by Gasteiger charge is 2.23. The molecular formula is C34H46ClF2N3O2. The number of hydrogen-bond acceptors (Lipinski definition) is 4. The Morgan fingerprint density at radius 2 is 1.62 bits per heavy atom. The number of aliphatic hydroxyl groups excluding tert-OH is 1. The van der Waals surface area contributed by atoms with Crippen LogP contribution in [0.1, 0.15) is 78.2 Å². The first-order valence-electron chi connectivity index (χ1n) is 14.7. The molecule has 0 fully saturated rings. The Hall–Kier alpha value is -2.84. The molecule has 0 aliphatic heterocycles. The van der Waals surface area contributed by atoms with Gasteiger partial charge in [0.05, 0.1) is 12.1 Å². The Kier molecular flexibility index (Phi) is 15.1. The molecule has 0 aromatic heterocycles. The lowest BCUT2D eigenvalue weighted by Gasteiger charge is -2.25. The summed E-state index contributed by atoms with van der Waals surface area (Å²) in [6.45, 7) is 9.76. The monoisotopic (exact) mass is 601 g/mol. The Balaban J connectivity index is 0.00000616. The molecule has 0 aliphatic rings. The van der Waals surface area contributed by atoms with E-state index < -0.39 is 23.8 Å². The van der Waals surface area contributed by atoms with Crippen LogP contribution in [0.25, 0.3) is 0 Å². The number of rotatable bonds is 16. The highest BCUT2D eigenvalue weighted by molar-refractivity contribution is 5.94. The summed E-state index contributed by atoms with van der Waals surface area (Å²) in [6, 6.07) is 16.8. The summed E-state index contributed by atoms with van der Waals surface area (Å²) < 4.78 is 27.9. The minimum absolute atomic E-state index is 0. The van der Waals surface area contributed by atoms with E-state index in [9.17, 15) is 18.7 Å². The number of hydrogen-bond donors (Lipinski definition) is 4. The molecule has 0 saturated carbocycles. The van der Waals surface area contributed by atoms with Crippen LogP contribution in [-0.2, 0) is 25.9 Å². The van der Waals surface area contributed by atoms with E-state index in [1.165, 1.54) is 17.7 Å². The van der Waals surface area contributed by atoms with Crippen molar-refractivity contribution in [1.29, 1.82) is 0 Å². The van der Waals surface area contributed by atoms with Gasteiger partial charge in [-0.2, -0.15) is 0 Å². The van der Waals surface area contributed by atoms with E-state index in [2.05, 4.69) is 54.9 Å². The zero-order valence-electron chi connectivity index (χ0n) is 25.2. The molecule has 5 nitrogen and oxygen atoms in total. The van der Waals surface area contributed by atoms with Crippen LogP contribution in [0.15, 0.2) is 60.7 Å². The van der Waals surface area contributed by atoms with Crippen LogP contribution in [0.2, 0.25) is 0 Å². The van der Waals surface area contributed by atoms with Gasteiger partial charge in [-0.05, 0) is 79.6 Å². The summed E-state index contributed by atoms with van der Waals surface area (Å²) in [5.74, 6) is -1.74. The van der Waals surface area contributed by atoms with Gasteiger partial charge in [-0.25, -0.2) is 8.78 Å². The smallest absolute Gasteiger partial charge is 0.251 e. The molecule has 42 heavy (non-hydrogen) atoms. The topological polar surface area (TPSA) is 73.4 Å². The Morgan fingerprint density at radius 3 is 2.31 bits per heavy atom. The van der Waals surface area contributed by atoms with Crippen LogP contribution in [0.3, 0.4) is 0 Å². The number of carbonyl (C=O) groups is 1. The molecule has 0 bridgehead atoms. The zero-order valence-corrected chi connectivity index (χ0v) is 26.0. The van der Waals surface area contributed by atoms with Crippen LogP contribution in [0.5, 0.6) is 0 Å². The number of halogens is 3. The number of carbonyl (C=O) groups excluding carboxylic acids is 1. The molecule has 0 aliphatic carbocycles. The van der Waals surface area contributed by atoms with Crippen LogP contribution < -0.4 is 16.0 Å². The molecule has 0 saturated heterocycles. The average molecular weight is 602 g/mol. The van der Waals surface area contributed by atoms with Crippen LogP contribution in [0.4, 0.5) is 8.78 Å². The number of amides is 1. The summed E-state index contributed by atoms with van der Waals surface area (Å²) in [7, 11) is 0. The van der Waals surface area contributed by atoms with Gasteiger partial charge in [-0.3, -0.25) is 4.79 Å². The number of unbranched alkanes of at least 4 members (excludes halogenated alkanes) is 1. The van der Waals surface area contributed by atoms with E-state index in [-0.39, 0.29) is 31.3 Å². The second-order valence-corrected chi connectivity index (χ2v) is 11.1. The fourth-order valence-electron chi connectivity index (χ4n) is 4.98. The van der Waals surface area contributed by atoms with Crippen molar-refractivity contribution < 1.29 is 18.7 Å². The van der Waals surface area contributed by atoms with Crippen molar-refractivity contribution in [1.82, 2.24) is 16.0 Å². The van der Waals surface area contributed by atoms with Gasteiger partial charge in [0, 0.05) is 37.3 Å². The third-order valence-corrected chi connectivity index (χ3v) is 7.29. The Labute approximate surface area is 255 Å². The van der Waals surface area contributed by atoms with Gasteiger partial charge >= 0.3 is 0 Å². The summed E-state index contributed by atoms with van der Waals surface area (Å²) >= 11 is 0. The maximum Gasteiger partial charge on any atom is 0.251 e. The van der Waals surface area contributed by atoms with Crippen LogP contribution in [0, 0.1) is 18.6 Å². The fourth-order valence-corrected chi connectivity index (χ4v) is 4.98. The zero-order chi connectivity index (χ0) is 29.8. The molecule has 1 unspecified atom stereocenters. The first-order chi connectivity index (χ1) is 19.7. The van der Waals surface area contributed by atoms with Gasteiger partial charge in [0.25, 0.3) is 5.91 Å². The van der Waals surface area contributed by atoms with Gasteiger partial charge in [0.1, 0.15) is 11.6 Å². The van der Waals surface area contributed by atoms with Crippen molar-refractivity contribution in [3.05, 3.63) is 106 Å².